The summed E-state index contributed by atoms with van der Waals surface area (Å²) in [7, 11) is 0. The normalized spacial score (nSPS) is 12.7. The zero-order valence-corrected chi connectivity index (χ0v) is 9.23. The highest BCUT2D eigenvalue weighted by molar-refractivity contribution is 5.88. The molecule has 2 aromatic carbocycles. The molecule has 0 heterocycles. The molecular formula is C14H16O. The first-order valence-electron chi connectivity index (χ1n) is 5.45. The van der Waals surface area contributed by atoms with E-state index in [2.05, 4.69) is 38.1 Å². The van der Waals surface area contributed by atoms with Gasteiger partial charge in [0.1, 0.15) is 5.75 Å². The van der Waals surface area contributed by atoms with Gasteiger partial charge in [0.15, 0.2) is 0 Å². The Morgan fingerprint density at radius 2 is 1.80 bits per heavy atom. The summed E-state index contributed by atoms with van der Waals surface area (Å²) < 4.78 is 5.88. The van der Waals surface area contributed by atoms with Crippen molar-refractivity contribution in [3.8, 4) is 5.75 Å². The van der Waals surface area contributed by atoms with Gasteiger partial charge in [-0.05, 0) is 24.8 Å². The first kappa shape index (κ1) is 10.0. The average Bonchev–Trinajstić information content (AvgIpc) is 2.29. The summed E-state index contributed by atoms with van der Waals surface area (Å²) in [6, 6.07) is 14.5. The van der Waals surface area contributed by atoms with Crippen LogP contribution >= 0.6 is 0 Å². The maximum atomic E-state index is 5.88. The average molecular weight is 200 g/mol. The zero-order valence-electron chi connectivity index (χ0n) is 9.23. The molecule has 0 fully saturated rings. The Bertz CT molecular complexity index is 443. The Morgan fingerprint density at radius 1 is 1.07 bits per heavy atom. The first-order chi connectivity index (χ1) is 7.31. The van der Waals surface area contributed by atoms with E-state index in [1.165, 1.54) is 10.8 Å². The van der Waals surface area contributed by atoms with Gasteiger partial charge >= 0.3 is 0 Å². The van der Waals surface area contributed by atoms with E-state index in [4.69, 9.17) is 4.74 Å². The summed E-state index contributed by atoms with van der Waals surface area (Å²) in [6.45, 7) is 4.23. The third-order valence-corrected chi connectivity index (χ3v) is 2.65. The van der Waals surface area contributed by atoms with Crippen molar-refractivity contribution in [1.82, 2.24) is 0 Å². The minimum absolute atomic E-state index is 0.274. The molecule has 1 atom stereocenters. The predicted molar refractivity (Wildman–Crippen MR) is 64.3 cm³/mol. The summed E-state index contributed by atoms with van der Waals surface area (Å²) in [4.78, 5) is 0. The maximum absolute atomic E-state index is 5.88. The molecule has 0 aliphatic carbocycles. The van der Waals surface area contributed by atoms with Crippen LogP contribution in [0, 0.1) is 0 Å². The molecule has 0 aliphatic heterocycles. The van der Waals surface area contributed by atoms with Gasteiger partial charge in [0.25, 0.3) is 0 Å². The van der Waals surface area contributed by atoms with Crippen molar-refractivity contribution < 1.29 is 4.74 Å². The van der Waals surface area contributed by atoms with Crippen molar-refractivity contribution in [2.24, 2.45) is 0 Å². The Labute approximate surface area is 90.7 Å². The molecule has 1 nitrogen and oxygen atoms in total. The van der Waals surface area contributed by atoms with Crippen LogP contribution in [-0.2, 0) is 0 Å². The molecule has 0 aliphatic rings. The van der Waals surface area contributed by atoms with E-state index in [-0.39, 0.29) is 6.10 Å². The van der Waals surface area contributed by atoms with E-state index in [1.54, 1.807) is 0 Å². The quantitative estimate of drug-likeness (QED) is 0.727. The van der Waals surface area contributed by atoms with Gasteiger partial charge < -0.3 is 4.74 Å². The summed E-state index contributed by atoms with van der Waals surface area (Å²) >= 11 is 0. The molecular weight excluding hydrogens is 184 g/mol. The zero-order chi connectivity index (χ0) is 10.7. The molecule has 0 N–H and O–H groups in total. The van der Waals surface area contributed by atoms with Crippen LogP contribution in [0.15, 0.2) is 42.5 Å². The molecule has 1 unspecified atom stereocenters. The largest absolute Gasteiger partial charge is 0.490 e. The molecule has 1 heteroatoms. The van der Waals surface area contributed by atoms with Gasteiger partial charge in [0.05, 0.1) is 6.10 Å². The van der Waals surface area contributed by atoms with Crippen LogP contribution in [0.4, 0.5) is 0 Å². The molecule has 0 amide bonds. The van der Waals surface area contributed by atoms with Gasteiger partial charge in [-0.15, -0.1) is 0 Å². The van der Waals surface area contributed by atoms with Crippen LogP contribution in [0.1, 0.15) is 20.3 Å². The van der Waals surface area contributed by atoms with Gasteiger partial charge in [-0.1, -0.05) is 43.3 Å². The number of rotatable bonds is 3. The van der Waals surface area contributed by atoms with E-state index >= 15 is 0 Å². The fraction of sp³-hybridized carbons (Fsp3) is 0.286. The Morgan fingerprint density at radius 3 is 2.60 bits per heavy atom. The number of ether oxygens (including phenoxy) is 1. The molecule has 0 saturated heterocycles. The number of hydrogen-bond donors (Lipinski definition) is 0. The molecule has 78 valence electrons. The highest BCUT2D eigenvalue weighted by Crippen LogP contribution is 2.26. The van der Waals surface area contributed by atoms with Crippen LogP contribution in [0.2, 0.25) is 0 Å². The second-order valence-electron chi connectivity index (χ2n) is 3.81. The van der Waals surface area contributed by atoms with Crippen molar-refractivity contribution in [1.29, 1.82) is 0 Å². The number of benzene rings is 2. The molecule has 0 aromatic heterocycles. The molecule has 0 saturated carbocycles. The van der Waals surface area contributed by atoms with Crippen LogP contribution in [0.3, 0.4) is 0 Å². The number of fused-ring (bicyclic) bond motifs is 1. The van der Waals surface area contributed by atoms with E-state index in [9.17, 15) is 0 Å². The Balaban J connectivity index is 2.42. The minimum atomic E-state index is 0.274. The Kier molecular flexibility index (Phi) is 2.91. The molecule has 2 rings (SSSR count). The van der Waals surface area contributed by atoms with Gasteiger partial charge in [-0.2, -0.15) is 0 Å². The molecule has 0 radical (unpaired) electrons. The second-order valence-corrected chi connectivity index (χ2v) is 3.81. The summed E-state index contributed by atoms with van der Waals surface area (Å²) in [5, 5.41) is 2.43. The van der Waals surface area contributed by atoms with Crippen molar-refractivity contribution >= 4 is 10.8 Å². The lowest BCUT2D eigenvalue weighted by atomic mass is 10.1. The fourth-order valence-corrected chi connectivity index (χ4v) is 1.60. The van der Waals surface area contributed by atoms with Crippen LogP contribution < -0.4 is 4.74 Å². The van der Waals surface area contributed by atoms with E-state index in [0.29, 0.717) is 0 Å². The first-order valence-corrected chi connectivity index (χ1v) is 5.45. The summed E-state index contributed by atoms with van der Waals surface area (Å²) in [5.74, 6) is 0.988. The molecule has 0 bridgehead atoms. The molecule has 2 aromatic rings. The lowest BCUT2D eigenvalue weighted by Gasteiger charge is -2.14. The van der Waals surface area contributed by atoms with Gasteiger partial charge in [0.2, 0.25) is 0 Å². The second kappa shape index (κ2) is 4.35. The topological polar surface area (TPSA) is 9.23 Å². The lowest BCUT2D eigenvalue weighted by molar-refractivity contribution is 0.220. The van der Waals surface area contributed by atoms with E-state index in [1.807, 2.05) is 18.2 Å². The number of hydrogen-bond acceptors (Lipinski definition) is 1. The predicted octanol–water partition coefficient (Wildman–Crippen LogP) is 4.02. The molecule has 0 spiro atoms. The van der Waals surface area contributed by atoms with Crippen LogP contribution in [0.5, 0.6) is 5.75 Å². The minimum Gasteiger partial charge on any atom is -0.490 e. The van der Waals surface area contributed by atoms with Crippen molar-refractivity contribution in [2.45, 2.75) is 26.4 Å². The Hall–Kier alpha value is -1.50. The summed E-state index contributed by atoms with van der Waals surface area (Å²) in [6.07, 6.45) is 1.30. The van der Waals surface area contributed by atoms with Crippen LogP contribution in [-0.4, -0.2) is 6.10 Å². The van der Waals surface area contributed by atoms with E-state index < -0.39 is 0 Å². The van der Waals surface area contributed by atoms with Crippen molar-refractivity contribution in [2.75, 3.05) is 0 Å². The van der Waals surface area contributed by atoms with Crippen molar-refractivity contribution in [3.05, 3.63) is 42.5 Å². The summed E-state index contributed by atoms with van der Waals surface area (Å²) in [5.41, 5.74) is 0. The monoisotopic (exact) mass is 200 g/mol. The molecule has 15 heavy (non-hydrogen) atoms. The lowest BCUT2D eigenvalue weighted by Crippen LogP contribution is -2.09. The van der Waals surface area contributed by atoms with Gasteiger partial charge in [-0.3, -0.25) is 0 Å². The third kappa shape index (κ3) is 2.12. The van der Waals surface area contributed by atoms with Crippen LogP contribution in [0.25, 0.3) is 10.8 Å². The maximum Gasteiger partial charge on any atom is 0.127 e. The van der Waals surface area contributed by atoms with E-state index in [0.717, 1.165) is 12.2 Å². The smallest absolute Gasteiger partial charge is 0.127 e. The standard InChI is InChI=1S/C14H16O/c1-3-11(2)15-14-10-6-8-12-7-4-5-9-13(12)14/h4-11H,3H2,1-2H3. The highest BCUT2D eigenvalue weighted by Gasteiger charge is 2.04. The highest BCUT2D eigenvalue weighted by atomic mass is 16.5. The van der Waals surface area contributed by atoms with Gasteiger partial charge in [-0.25, -0.2) is 0 Å². The third-order valence-electron chi connectivity index (χ3n) is 2.65. The SMILES string of the molecule is CCC(C)Oc1cccc2ccccc12. The van der Waals surface area contributed by atoms with Gasteiger partial charge in [0, 0.05) is 5.39 Å². The fourth-order valence-electron chi connectivity index (χ4n) is 1.60. The van der Waals surface area contributed by atoms with Crippen molar-refractivity contribution in [3.63, 3.8) is 0 Å².